The molecule has 4 nitrogen and oxygen atoms in total. The van der Waals surface area contributed by atoms with E-state index in [-0.39, 0.29) is 12.3 Å². The van der Waals surface area contributed by atoms with Gasteiger partial charge in [-0.2, -0.15) is 4.98 Å². The van der Waals surface area contributed by atoms with Crippen LogP contribution in [0.25, 0.3) is 11.5 Å². The van der Waals surface area contributed by atoms with Crippen molar-refractivity contribution in [2.24, 2.45) is 0 Å². The van der Waals surface area contributed by atoms with E-state index in [1.165, 1.54) is 0 Å². The van der Waals surface area contributed by atoms with Crippen LogP contribution in [0.1, 0.15) is 30.1 Å². The van der Waals surface area contributed by atoms with Gasteiger partial charge in [0.2, 0.25) is 5.82 Å². The van der Waals surface area contributed by atoms with Gasteiger partial charge < -0.3 is 4.52 Å². The van der Waals surface area contributed by atoms with Gasteiger partial charge >= 0.3 is 0 Å². The second-order valence-electron chi connectivity index (χ2n) is 4.98. The van der Waals surface area contributed by atoms with Crippen LogP contribution in [0.3, 0.4) is 0 Å². The first-order valence-corrected chi connectivity index (χ1v) is 7.23. The average molecular weight is 297 g/mol. The molecule has 0 radical (unpaired) electrons. The molecule has 1 aromatic carbocycles. The number of rotatable bonds is 5. The van der Waals surface area contributed by atoms with Crippen LogP contribution in [0.4, 0.5) is 4.39 Å². The zero-order chi connectivity index (χ0) is 15.4. The molecule has 1 atom stereocenters. The molecule has 0 fully saturated rings. The zero-order valence-corrected chi connectivity index (χ0v) is 12.2. The summed E-state index contributed by atoms with van der Waals surface area (Å²) in [5.41, 5.74) is 2.54. The second-order valence-corrected chi connectivity index (χ2v) is 4.98. The third-order valence-electron chi connectivity index (χ3n) is 3.45. The topological polar surface area (TPSA) is 51.8 Å². The van der Waals surface area contributed by atoms with E-state index in [0.29, 0.717) is 11.5 Å². The van der Waals surface area contributed by atoms with Crippen LogP contribution in [0.2, 0.25) is 0 Å². The molecule has 0 aliphatic heterocycles. The van der Waals surface area contributed by atoms with Crippen LogP contribution < -0.4 is 0 Å². The number of halogens is 1. The van der Waals surface area contributed by atoms with Gasteiger partial charge in [0.25, 0.3) is 5.89 Å². The van der Waals surface area contributed by atoms with Gasteiger partial charge in [-0.05, 0) is 23.6 Å². The lowest BCUT2D eigenvalue weighted by Gasteiger charge is -2.03. The van der Waals surface area contributed by atoms with E-state index in [2.05, 4.69) is 15.1 Å². The van der Waals surface area contributed by atoms with Crippen LogP contribution in [0, 0.1) is 0 Å². The summed E-state index contributed by atoms with van der Waals surface area (Å²) in [7, 11) is 0. The highest BCUT2D eigenvalue weighted by Gasteiger charge is 2.20. The highest BCUT2D eigenvalue weighted by molar-refractivity contribution is 5.53. The maximum atomic E-state index is 14.3. The number of hydrogen-bond acceptors (Lipinski definition) is 4. The van der Waals surface area contributed by atoms with Crippen molar-refractivity contribution in [3.63, 3.8) is 0 Å². The van der Waals surface area contributed by atoms with Crippen LogP contribution in [-0.4, -0.2) is 15.1 Å². The summed E-state index contributed by atoms with van der Waals surface area (Å²) in [4.78, 5) is 8.44. The molecule has 0 amide bonds. The van der Waals surface area contributed by atoms with Gasteiger partial charge in [0, 0.05) is 12.6 Å². The smallest absolute Gasteiger partial charge is 0.261 e. The van der Waals surface area contributed by atoms with Crippen molar-refractivity contribution < 1.29 is 8.91 Å². The summed E-state index contributed by atoms with van der Waals surface area (Å²) in [6.07, 6.45) is 1.36. The van der Waals surface area contributed by atoms with Gasteiger partial charge in [0.05, 0.1) is 0 Å². The molecule has 2 heterocycles. The highest BCUT2D eigenvalue weighted by atomic mass is 19.1. The third-order valence-corrected chi connectivity index (χ3v) is 3.45. The monoisotopic (exact) mass is 297 g/mol. The Morgan fingerprint density at radius 1 is 1.14 bits per heavy atom. The number of aryl methyl sites for hydroxylation is 1. The van der Waals surface area contributed by atoms with Crippen molar-refractivity contribution in [1.29, 1.82) is 0 Å². The van der Waals surface area contributed by atoms with Crippen molar-refractivity contribution in [3.8, 4) is 11.5 Å². The summed E-state index contributed by atoms with van der Waals surface area (Å²) in [5.74, 6) is 0.328. The normalized spacial score (nSPS) is 12.3. The first kappa shape index (κ1) is 14.4. The Labute approximate surface area is 128 Å². The van der Waals surface area contributed by atoms with Crippen LogP contribution >= 0.6 is 0 Å². The molecular formula is C17H16FN3O. The molecule has 1 unspecified atom stereocenters. The zero-order valence-electron chi connectivity index (χ0n) is 12.2. The first-order chi connectivity index (χ1) is 10.8. The molecule has 3 aromatic rings. The van der Waals surface area contributed by atoms with Crippen molar-refractivity contribution in [2.75, 3.05) is 0 Å². The van der Waals surface area contributed by atoms with E-state index < -0.39 is 6.17 Å². The van der Waals surface area contributed by atoms with Crippen LogP contribution in [0.5, 0.6) is 0 Å². The van der Waals surface area contributed by atoms with Crippen molar-refractivity contribution in [3.05, 3.63) is 65.7 Å². The Morgan fingerprint density at radius 2 is 1.95 bits per heavy atom. The molecule has 0 aliphatic carbocycles. The Morgan fingerprint density at radius 3 is 2.73 bits per heavy atom. The van der Waals surface area contributed by atoms with Gasteiger partial charge in [0.1, 0.15) is 5.69 Å². The fourth-order valence-electron chi connectivity index (χ4n) is 2.29. The fourth-order valence-corrected chi connectivity index (χ4v) is 2.29. The Balaban J connectivity index is 1.81. The second kappa shape index (κ2) is 6.47. The summed E-state index contributed by atoms with van der Waals surface area (Å²) in [6.45, 7) is 2.02. The van der Waals surface area contributed by atoms with Crippen LogP contribution in [0.15, 0.2) is 53.2 Å². The molecule has 2 aromatic heterocycles. The Hall–Kier alpha value is -2.56. The molecule has 112 valence electrons. The van der Waals surface area contributed by atoms with Gasteiger partial charge in [-0.3, -0.25) is 4.98 Å². The summed E-state index contributed by atoms with van der Waals surface area (Å²) >= 11 is 0. The van der Waals surface area contributed by atoms with Crippen molar-refractivity contribution in [2.45, 2.75) is 25.9 Å². The lowest BCUT2D eigenvalue weighted by molar-refractivity contribution is 0.247. The Kier molecular flexibility index (Phi) is 4.23. The summed E-state index contributed by atoms with van der Waals surface area (Å²) in [5, 5.41) is 3.87. The minimum Gasteiger partial charge on any atom is -0.336 e. The lowest BCUT2D eigenvalue weighted by Crippen LogP contribution is -1.98. The van der Waals surface area contributed by atoms with Gasteiger partial charge in [-0.1, -0.05) is 48.5 Å². The summed E-state index contributed by atoms with van der Waals surface area (Å²) in [6, 6.07) is 13.2. The molecule has 0 aliphatic rings. The average Bonchev–Trinajstić information content (AvgIpc) is 3.05. The van der Waals surface area contributed by atoms with Gasteiger partial charge in [0.15, 0.2) is 6.17 Å². The molecule has 0 saturated carbocycles. The van der Waals surface area contributed by atoms with E-state index >= 15 is 0 Å². The quantitative estimate of drug-likeness (QED) is 0.715. The molecule has 0 saturated heterocycles. The fraction of sp³-hybridized carbons (Fsp3) is 0.235. The van der Waals surface area contributed by atoms with Crippen molar-refractivity contribution in [1.82, 2.24) is 15.1 Å². The van der Waals surface area contributed by atoms with Crippen molar-refractivity contribution >= 4 is 0 Å². The van der Waals surface area contributed by atoms with Gasteiger partial charge in [-0.15, -0.1) is 0 Å². The summed E-state index contributed by atoms with van der Waals surface area (Å²) < 4.78 is 19.4. The Bertz CT molecular complexity index is 742. The van der Waals surface area contributed by atoms with E-state index in [4.69, 9.17) is 4.52 Å². The van der Waals surface area contributed by atoms with E-state index in [1.807, 2.05) is 49.4 Å². The SMILES string of the molecule is CCc1cccnc1-c1noc(C(F)Cc2ccccc2)n1. The largest absolute Gasteiger partial charge is 0.336 e. The molecule has 0 N–H and O–H groups in total. The molecule has 0 bridgehead atoms. The first-order valence-electron chi connectivity index (χ1n) is 7.23. The molecule has 0 spiro atoms. The van der Waals surface area contributed by atoms with E-state index in [0.717, 1.165) is 17.5 Å². The number of aromatic nitrogens is 3. The lowest BCUT2D eigenvalue weighted by atomic mass is 10.1. The standard InChI is InChI=1S/C17H16FN3O/c1-2-13-9-6-10-19-15(13)16-20-17(22-21-16)14(18)11-12-7-4-3-5-8-12/h3-10,14H,2,11H2,1H3. The predicted molar refractivity (Wildman–Crippen MR) is 80.9 cm³/mol. The number of nitrogens with zero attached hydrogens (tertiary/aromatic N) is 3. The number of pyridine rings is 1. The minimum atomic E-state index is -1.32. The third kappa shape index (κ3) is 3.03. The predicted octanol–water partition coefficient (Wildman–Crippen LogP) is 3.95. The number of benzene rings is 1. The van der Waals surface area contributed by atoms with E-state index in [9.17, 15) is 4.39 Å². The molecule has 3 rings (SSSR count). The number of hydrogen-bond donors (Lipinski definition) is 0. The maximum Gasteiger partial charge on any atom is 0.261 e. The number of alkyl halides is 1. The van der Waals surface area contributed by atoms with Crippen LogP contribution in [-0.2, 0) is 12.8 Å². The molecular weight excluding hydrogens is 281 g/mol. The molecule has 5 heteroatoms. The van der Waals surface area contributed by atoms with Gasteiger partial charge in [-0.25, -0.2) is 4.39 Å². The van der Waals surface area contributed by atoms with E-state index in [1.54, 1.807) is 6.20 Å². The maximum absolute atomic E-state index is 14.3. The molecule has 22 heavy (non-hydrogen) atoms. The minimum absolute atomic E-state index is 0.00782. The highest BCUT2D eigenvalue weighted by Crippen LogP contribution is 2.24.